The average Bonchev–Trinajstić information content (AvgIpc) is 2.92. The summed E-state index contributed by atoms with van der Waals surface area (Å²) in [6.07, 6.45) is 0. The molecule has 0 spiro atoms. The molecule has 7 aromatic rings. The second-order valence-corrected chi connectivity index (χ2v) is 9.34. The van der Waals surface area contributed by atoms with E-state index in [1.165, 1.54) is 70.9 Å². The molecule has 0 unspecified atom stereocenters. The number of aryl methyl sites for hydroxylation is 1. The summed E-state index contributed by atoms with van der Waals surface area (Å²) < 4.78 is 0. The second kappa shape index (κ2) is 7.82. The highest BCUT2D eigenvalue weighted by atomic mass is 14.2. The Morgan fingerprint density at radius 2 is 0.743 bits per heavy atom. The summed E-state index contributed by atoms with van der Waals surface area (Å²) in [4.78, 5) is 0. The molecule has 0 saturated heterocycles. The highest BCUT2D eigenvalue weighted by Crippen LogP contribution is 2.46. The first kappa shape index (κ1) is 20.0. The van der Waals surface area contributed by atoms with Crippen LogP contribution in [0.3, 0.4) is 0 Å². The fourth-order valence-electron chi connectivity index (χ4n) is 5.82. The number of benzene rings is 7. The predicted molar refractivity (Wildman–Crippen MR) is 152 cm³/mol. The van der Waals surface area contributed by atoms with Crippen molar-refractivity contribution in [2.45, 2.75) is 6.92 Å². The van der Waals surface area contributed by atoms with Gasteiger partial charge in [-0.25, -0.2) is 0 Å². The van der Waals surface area contributed by atoms with Crippen LogP contribution in [0.15, 0.2) is 127 Å². The molecule has 0 aromatic heterocycles. The van der Waals surface area contributed by atoms with Crippen LogP contribution in [0.4, 0.5) is 0 Å². The normalized spacial score (nSPS) is 11.6. The van der Waals surface area contributed by atoms with Gasteiger partial charge in [0.25, 0.3) is 0 Å². The Balaban J connectivity index is 1.70. The van der Waals surface area contributed by atoms with Crippen molar-refractivity contribution in [2.24, 2.45) is 0 Å². The number of hydrogen-bond acceptors (Lipinski definition) is 0. The topological polar surface area (TPSA) is 0 Å². The van der Waals surface area contributed by atoms with Crippen molar-refractivity contribution in [2.75, 3.05) is 0 Å². The third-order valence-electron chi connectivity index (χ3n) is 7.40. The highest BCUT2D eigenvalue weighted by Gasteiger charge is 2.18. The molecule has 7 aromatic carbocycles. The standard InChI is InChI=1S/C35H24/c1-23-21-22-33(27-15-5-4-13-25(23)27)35-31-18-8-6-16-29(31)34(30-17-7-9-19-32(30)35)28-20-10-12-24-11-2-3-14-26(24)28/h2-22H,1H3. The average molecular weight is 445 g/mol. The van der Waals surface area contributed by atoms with Crippen LogP contribution in [0.5, 0.6) is 0 Å². The SMILES string of the molecule is Cc1ccc(-c2c3ccccc3c(-c3cccc4ccccc34)c3ccccc23)c2ccccc12. The lowest BCUT2D eigenvalue weighted by atomic mass is 9.83. The van der Waals surface area contributed by atoms with Crippen LogP contribution in [-0.2, 0) is 0 Å². The first-order valence-corrected chi connectivity index (χ1v) is 12.2. The van der Waals surface area contributed by atoms with E-state index in [1.54, 1.807) is 0 Å². The summed E-state index contributed by atoms with van der Waals surface area (Å²) in [6, 6.07) is 46.6. The fourth-order valence-corrected chi connectivity index (χ4v) is 5.82. The van der Waals surface area contributed by atoms with Crippen molar-refractivity contribution in [3.8, 4) is 22.3 Å². The van der Waals surface area contributed by atoms with Gasteiger partial charge in [-0.05, 0) is 77.8 Å². The van der Waals surface area contributed by atoms with Crippen LogP contribution in [-0.4, -0.2) is 0 Å². The van der Waals surface area contributed by atoms with Gasteiger partial charge in [0.1, 0.15) is 0 Å². The van der Waals surface area contributed by atoms with Gasteiger partial charge >= 0.3 is 0 Å². The Bertz CT molecular complexity index is 1840. The minimum absolute atomic E-state index is 1.27. The lowest BCUT2D eigenvalue weighted by Crippen LogP contribution is -1.92. The third-order valence-corrected chi connectivity index (χ3v) is 7.40. The van der Waals surface area contributed by atoms with Gasteiger partial charge in [-0.1, -0.05) is 127 Å². The largest absolute Gasteiger partial charge is 0.0616 e. The summed E-state index contributed by atoms with van der Waals surface area (Å²) in [7, 11) is 0. The zero-order chi connectivity index (χ0) is 23.4. The monoisotopic (exact) mass is 444 g/mol. The molecule has 0 aliphatic carbocycles. The maximum absolute atomic E-state index is 2.31. The Morgan fingerprint density at radius 1 is 0.314 bits per heavy atom. The van der Waals surface area contributed by atoms with E-state index in [4.69, 9.17) is 0 Å². The Kier molecular flexibility index (Phi) is 4.47. The van der Waals surface area contributed by atoms with Crippen molar-refractivity contribution < 1.29 is 0 Å². The van der Waals surface area contributed by atoms with Crippen LogP contribution in [0.25, 0.3) is 65.3 Å². The Morgan fingerprint density at radius 3 is 1.34 bits per heavy atom. The van der Waals surface area contributed by atoms with E-state index in [0.29, 0.717) is 0 Å². The van der Waals surface area contributed by atoms with Crippen molar-refractivity contribution in [3.05, 3.63) is 133 Å². The first-order valence-electron chi connectivity index (χ1n) is 12.2. The van der Waals surface area contributed by atoms with Crippen LogP contribution >= 0.6 is 0 Å². The molecular formula is C35H24. The zero-order valence-electron chi connectivity index (χ0n) is 19.6. The number of rotatable bonds is 2. The van der Waals surface area contributed by atoms with Gasteiger partial charge in [0.05, 0.1) is 0 Å². The van der Waals surface area contributed by atoms with Gasteiger partial charge in [-0.15, -0.1) is 0 Å². The van der Waals surface area contributed by atoms with E-state index in [0.717, 1.165) is 0 Å². The molecule has 0 heteroatoms. The smallest absolute Gasteiger partial charge is 0.00201 e. The van der Waals surface area contributed by atoms with E-state index < -0.39 is 0 Å². The molecule has 0 heterocycles. The van der Waals surface area contributed by atoms with Gasteiger partial charge in [0.15, 0.2) is 0 Å². The van der Waals surface area contributed by atoms with Crippen LogP contribution < -0.4 is 0 Å². The summed E-state index contributed by atoms with van der Waals surface area (Å²) in [5, 5.41) is 10.4. The van der Waals surface area contributed by atoms with Gasteiger partial charge < -0.3 is 0 Å². The lowest BCUT2D eigenvalue weighted by molar-refractivity contribution is 1.53. The van der Waals surface area contributed by atoms with E-state index in [9.17, 15) is 0 Å². The molecule has 0 radical (unpaired) electrons. The van der Waals surface area contributed by atoms with Crippen molar-refractivity contribution in [1.29, 1.82) is 0 Å². The molecule has 164 valence electrons. The molecule has 35 heavy (non-hydrogen) atoms. The lowest BCUT2D eigenvalue weighted by Gasteiger charge is -2.20. The van der Waals surface area contributed by atoms with Gasteiger partial charge in [-0.2, -0.15) is 0 Å². The van der Waals surface area contributed by atoms with Gasteiger partial charge in [0.2, 0.25) is 0 Å². The molecule has 0 fully saturated rings. The number of hydrogen-bond donors (Lipinski definition) is 0. The van der Waals surface area contributed by atoms with Gasteiger partial charge in [0, 0.05) is 0 Å². The molecule has 7 rings (SSSR count). The first-order chi connectivity index (χ1) is 17.3. The minimum atomic E-state index is 1.27. The summed E-state index contributed by atoms with van der Waals surface area (Å²) >= 11 is 0. The third kappa shape index (κ3) is 3.00. The molecule has 0 amide bonds. The van der Waals surface area contributed by atoms with E-state index in [1.807, 2.05) is 0 Å². The highest BCUT2D eigenvalue weighted by molar-refractivity contribution is 6.25. The summed E-state index contributed by atoms with van der Waals surface area (Å²) in [6.45, 7) is 2.20. The quantitative estimate of drug-likeness (QED) is 0.233. The summed E-state index contributed by atoms with van der Waals surface area (Å²) in [5.41, 5.74) is 6.52. The molecular weight excluding hydrogens is 420 g/mol. The number of fused-ring (bicyclic) bond motifs is 4. The molecule has 0 aliphatic heterocycles. The molecule has 0 atom stereocenters. The Labute approximate surface area is 205 Å². The molecule has 0 bridgehead atoms. The Hall–Kier alpha value is -4.42. The minimum Gasteiger partial charge on any atom is -0.0616 e. The van der Waals surface area contributed by atoms with Crippen LogP contribution in [0.1, 0.15) is 5.56 Å². The maximum atomic E-state index is 2.31. The fraction of sp³-hybridized carbons (Fsp3) is 0.0286. The zero-order valence-corrected chi connectivity index (χ0v) is 19.6. The van der Waals surface area contributed by atoms with Crippen molar-refractivity contribution in [1.82, 2.24) is 0 Å². The summed E-state index contributed by atoms with van der Waals surface area (Å²) in [5.74, 6) is 0. The second-order valence-electron chi connectivity index (χ2n) is 9.34. The van der Waals surface area contributed by atoms with Crippen molar-refractivity contribution in [3.63, 3.8) is 0 Å². The molecule has 0 saturated carbocycles. The molecule has 0 N–H and O–H groups in total. The van der Waals surface area contributed by atoms with E-state index >= 15 is 0 Å². The maximum Gasteiger partial charge on any atom is -0.00201 e. The van der Waals surface area contributed by atoms with Crippen LogP contribution in [0.2, 0.25) is 0 Å². The molecule has 0 aliphatic rings. The molecule has 0 nitrogen and oxygen atoms in total. The van der Waals surface area contributed by atoms with E-state index in [-0.39, 0.29) is 0 Å². The van der Waals surface area contributed by atoms with Gasteiger partial charge in [-0.3, -0.25) is 0 Å². The van der Waals surface area contributed by atoms with Crippen LogP contribution in [0, 0.1) is 6.92 Å². The van der Waals surface area contributed by atoms with E-state index in [2.05, 4.69) is 134 Å². The van der Waals surface area contributed by atoms with Crippen molar-refractivity contribution >= 4 is 43.1 Å². The predicted octanol–water partition coefficient (Wildman–Crippen LogP) is 9.94.